The van der Waals surface area contributed by atoms with Crippen LogP contribution in [-0.4, -0.2) is 39.8 Å². The molecule has 0 radical (unpaired) electrons. The van der Waals surface area contributed by atoms with Gasteiger partial charge in [0.05, 0.1) is 12.1 Å². The summed E-state index contributed by atoms with van der Waals surface area (Å²) in [5.74, 6) is -1.34. The zero-order valence-electron chi connectivity index (χ0n) is 15.1. The van der Waals surface area contributed by atoms with Crippen molar-refractivity contribution < 1.29 is 37.7 Å². The highest BCUT2D eigenvalue weighted by Gasteiger charge is 2.49. The molecule has 0 bridgehead atoms. The molecule has 29 heavy (non-hydrogen) atoms. The van der Waals surface area contributed by atoms with Crippen molar-refractivity contribution in [3.8, 4) is 0 Å². The molecule has 3 rings (SSSR count). The molecule has 6 nitrogen and oxygen atoms in total. The molecule has 1 heterocycles. The maximum absolute atomic E-state index is 12.7. The summed E-state index contributed by atoms with van der Waals surface area (Å²) < 4.78 is 43.4. The molecule has 2 atom stereocenters. The number of carboxylic acids is 1. The first-order valence-electron chi connectivity index (χ1n) is 8.70. The van der Waals surface area contributed by atoms with E-state index in [1.807, 2.05) is 0 Å². The maximum Gasteiger partial charge on any atom is 0.416 e. The number of carbonyl (C=O) groups is 2. The Labute approximate surface area is 164 Å². The second kappa shape index (κ2) is 7.75. The van der Waals surface area contributed by atoms with Gasteiger partial charge < -0.3 is 14.9 Å². The Morgan fingerprint density at radius 2 is 1.72 bits per heavy atom. The summed E-state index contributed by atoms with van der Waals surface area (Å²) in [5, 5.41) is 20.3. The van der Waals surface area contributed by atoms with Crippen LogP contribution in [0.2, 0.25) is 0 Å². The number of carboxylic acid groups (broad SMARTS) is 1. The van der Waals surface area contributed by atoms with Crippen molar-refractivity contribution in [3.05, 3.63) is 71.3 Å². The van der Waals surface area contributed by atoms with Gasteiger partial charge >= 0.3 is 18.2 Å². The molecule has 1 aliphatic rings. The van der Waals surface area contributed by atoms with Gasteiger partial charge in [0.1, 0.15) is 18.2 Å². The molecule has 154 valence electrons. The fourth-order valence-electron chi connectivity index (χ4n) is 3.28. The Bertz CT molecular complexity index is 885. The monoisotopic (exact) mass is 409 g/mol. The van der Waals surface area contributed by atoms with E-state index in [1.165, 1.54) is 0 Å². The van der Waals surface area contributed by atoms with Gasteiger partial charge in [0.2, 0.25) is 0 Å². The van der Waals surface area contributed by atoms with E-state index in [0.29, 0.717) is 5.56 Å². The Balaban J connectivity index is 1.77. The number of ether oxygens (including phenoxy) is 1. The van der Waals surface area contributed by atoms with Gasteiger partial charge in [0.25, 0.3) is 0 Å². The van der Waals surface area contributed by atoms with Crippen molar-refractivity contribution in [1.29, 1.82) is 0 Å². The fourth-order valence-corrected chi connectivity index (χ4v) is 3.28. The average Bonchev–Trinajstić information content (AvgIpc) is 3.06. The molecule has 1 saturated heterocycles. The number of amides is 1. The lowest BCUT2D eigenvalue weighted by atomic mass is 9.90. The molecule has 2 aromatic rings. The number of nitrogens with zero attached hydrogens (tertiary/aromatic N) is 1. The van der Waals surface area contributed by atoms with Gasteiger partial charge in [-0.05, 0) is 23.3 Å². The van der Waals surface area contributed by atoms with Crippen LogP contribution in [0.1, 0.15) is 23.1 Å². The highest BCUT2D eigenvalue weighted by molar-refractivity contribution is 5.81. The number of aliphatic hydroxyl groups is 1. The molecule has 1 unspecified atom stereocenters. The van der Waals surface area contributed by atoms with Crippen molar-refractivity contribution in [1.82, 2.24) is 4.90 Å². The van der Waals surface area contributed by atoms with E-state index in [2.05, 4.69) is 0 Å². The summed E-state index contributed by atoms with van der Waals surface area (Å²) >= 11 is 0. The highest BCUT2D eigenvalue weighted by Crippen LogP contribution is 2.38. The van der Waals surface area contributed by atoms with Crippen molar-refractivity contribution in [2.75, 3.05) is 6.54 Å². The minimum atomic E-state index is -4.53. The number of hydrogen-bond acceptors (Lipinski definition) is 4. The van der Waals surface area contributed by atoms with E-state index >= 15 is 0 Å². The first-order chi connectivity index (χ1) is 13.6. The molecule has 0 aliphatic carbocycles. The molecule has 1 amide bonds. The predicted molar refractivity (Wildman–Crippen MR) is 94.7 cm³/mol. The maximum atomic E-state index is 12.7. The average molecular weight is 409 g/mol. The van der Waals surface area contributed by atoms with Crippen molar-refractivity contribution in [3.63, 3.8) is 0 Å². The van der Waals surface area contributed by atoms with Crippen LogP contribution in [0.25, 0.3) is 0 Å². The lowest BCUT2D eigenvalue weighted by molar-refractivity contribution is -0.142. The number of likely N-dealkylation sites (tertiary alicyclic amines) is 1. The van der Waals surface area contributed by atoms with Gasteiger partial charge in [-0.15, -0.1) is 0 Å². The lowest BCUT2D eigenvalue weighted by Gasteiger charge is -2.24. The summed E-state index contributed by atoms with van der Waals surface area (Å²) in [6.07, 6.45) is -5.83. The number of β-amino-alcohol motifs (C(OH)–C–C–N with tert-alkyl or cyclic N) is 1. The lowest BCUT2D eigenvalue weighted by Crippen LogP contribution is -2.41. The highest BCUT2D eigenvalue weighted by atomic mass is 19.4. The second-order valence-electron chi connectivity index (χ2n) is 6.83. The van der Waals surface area contributed by atoms with Crippen molar-refractivity contribution in [2.24, 2.45) is 0 Å². The molecule has 0 saturated carbocycles. The van der Waals surface area contributed by atoms with Gasteiger partial charge in [-0.2, -0.15) is 13.2 Å². The van der Waals surface area contributed by atoms with E-state index in [9.17, 15) is 33.0 Å². The largest absolute Gasteiger partial charge is 0.480 e. The van der Waals surface area contributed by atoms with Crippen LogP contribution in [0.15, 0.2) is 54.6 Å². The molecule has 1 aliphatic heterocycles. The second-order valence-corrected chi connectivity index (χ2v) is 6.83. The summed E-state index contributed by atoms with van der Waals surface area (Å²) in [6, 6.07) is 11.2. The van der Waals surface area contributed by atoms with Gasteiger partial charge in [-0.1, -0.05) is 42.5 Å². The van der Waals surface area contributed by atoms with E-state index in [0.717, 1.165) is 29.2 Å². The van der Waals surface area contributed by atoms with E-state index in [4.69, 9.17) is 4.74 Å². The molecular formula is C20H18F3NO5. The number of carbonyl (C=O) groups excluding carboxylic acids is 1. The zero-order chi connectivity index (χ0) is 21.2. The summed E-state index contributed by atoms with van der Waals surface area (Å²) in [4.78, 5) is 24.9. The quantitative estimate of drug-likeness (QED) is 0.809. The van der Waals surface area contributed by atoms with Crippen LogP contribution >= 0.6 is 0 Å². The zero-order valence-corrected chi connectivity index (χ0v) is 15.1. The van der Waals surface area contributed by atoms with Crippen LogP contribution in [0, 0.1) is 0 Å². The van der Waals surface area contributed by atoms with Crippen LogP contribution in [0.5, 0.6) is 0 Å². The summed E-state index contributed by atoms with van der Waals surface area (Å²) in [6.45, 7) is -0.496. The molecule has 0 aromatic heterocycles. The van der Waals surface area contributed by atoms with Crippen LogP contribution < -0.4 is 0 Å². The first kappa shape index (κ1) is 20.7. The Morgan fingerprint density at radius 1 is 1.10 bits per heavy atom. The Kier molecular flexibility index (Phi) is 5.52. The number of aliphatic carboxylic acids is 1. The number of halogens is 3. The normalized spacial score (nSPS) is 21.8. The third-order valence-electron chi connectivity index (χ3n) is 4.81. The minimum Gasteiger partial charge on any atom is -0.480 e. The van der Waals surface area contributed by atoms with E-state index in [1.54, 1.807) is 30.3 Å². The number of alkyl halides is 3. The molecule has 0 spiro atoms. The van der Waals surface area contributed by atoms with Crippen molar-refractivity contribution in [2.45, 2.75) is 30.8 Å². The topological polar surface area (TPSA) is 87.1 Å². The third-order valence-corrected chi connectivity index (χ3v) is 4.81. The Hall–Kier alpha value is -3.07. The van der Waals surface area contributed by atoms with Gasteiger partial charge in [0, 0.05) is 6.42 Å². The minimum absolute atomic E-state index is 0.0821. The first-order valence-corrected chi connectivity index (χ1v) is 8.70. The molecular weight excluding hydrogens is 391 g/mol. The Morgan fingerprint density at radius 3 is 2.28 bits per heavy atom. The van der Waals surface area contributed by atoms with Crippen molar-refractivity contribution >= 4 is 12.1 Å². The number of benzene rings is 2. The SMILES string of the molecule is O=C(O)[C@@H]1CC(O)(c2ccc(C(F)(F)F)cc2)CN1C(=O)OCc1ccccc1. The standard InChI is InChI=1S/C20H18F3NO5/c21-20(22,23)15-8-6-14(7-9-15)19(28)10-16(17(25)26)24(12-19)18(27)29-11-13-4-2-1-3-5-13/h1-9,16,28H,10-12H2,(H,25,26)/t16-,19?/m0/s1. The third kappa shape index (κ3) is 4.51. The molecule has 2 N–H and O–H groups in total. The predicted octanol–water partition coefficient (Wildman–Crippen LogP) is 3.39. The smallest absolute Gasteiger partial charge is 0.416 e. The number of rotatable bonds is 4. The van der Waals surface area contributed by atoms with Gasteiger partial charge in [-0.3, -0.25) is 4.90 Å². The number of hydrogen-bond donors (Lipinski definition) is 2. The summed E-state index contributed by atoms with van der Waals surface area (Å²) in [5.41, 5.74) is -1.91. The van der Waals surface area contributed by atoms with Crippen LogP contribution in [0.4, 0.5) is 18.0 Å². The van der Waals surface area contributed by atoms with E-state index < -0.39 is 42.0 Å². The molecule has 1 fully saturated rings. The van der Waals surface area contributed by atoms with Crippen LogP contribution in [-0.2, 0) is 27.9 Å². The van der Waals surface area contributed by atoms with Gasteiger partial charge in [0.15, 0.2) is 0 Å². The van der Waals surface area contributed by atoms with E-state index in [-0.39, 0.29) is 18.6 Å². The molecule has 9 heteroatoms. The fraction of sp³-hybridized carbons (Fsp3) is 0.300. The van der Waals surface area contributed by atoms with Crippen LogP contribution in [0.3, 0.4) is 0 Å². The summed E-state index contributed by atoms with van der Waals surface area (Å²) in [7, 11) is 0. The molecule has 2 aromatic carbocycles. The van der Waals surface area contributed by atoms with Gasteiger partial charge in [-0.25, -0.2) is 9.59 Å².